The van der Waals surface area contributed by atoms with Gasteiger partial charge in [0.2, 0.25) is 5.95 Å². The van der Waals surface area contributed by atoms with Crippen LogP contribution in [-0.4, -0.2) is 21.1 Å². The third-order valence-corrected chi connectivity index (χ3v) is 2.53. The van der Waals surface area contributed by atoms with Crippen molar-refractivity contribution >= 4 is 22.8 Å². The molecule has 1 amide bonds. The minimum absolute atomic E-state index is 0.0879. The average Bonchev–Trinajstić information content (AvgIpc) is 2.90. The van der Waals surface area contributed by atoms with Gasteiger partial charge in [-0.15, -0.1) is 0 Å². The largest absolute Gasteiger partial charge is 0.422 e. The van der Waals surface area contributed by atoms with Crippen LogP contribution < -0.4 is 10.9 Å². The van der Waals surface area contributed by atoms with E-state index in [0.717, 1.165) is 0 Å². The van der Waals surface area contributed by atoms with Crippen molar-refractivity contribution in [1.29, 1.82) is 0 Å². The maximum atomic E-state index is 11.9. The number of aromatic nitrogens is 3. The topological polar surface area (TPSA) is 101 Å². The summed E-state index contributed by atoms with van der Waals surface area (Å²) >= 11 is 0. The van der Waals surface area contributed by atoms with E-state index in [1.165, 1.54) is 12.4 Å². The highest BCUT2D eigenvalue weighted by Gasteiger charge is 2.14. The van der Waals surface area contributed by atoms with Gasteiger partial charge in [-0.05, 0) is 12.1 Å². The second kappa shape index (κ2) is 4.37. The lowest BCUT2D eigenvalue weighted by Crippen LogP contribution is -2.21. The van der Waals surface area contributed by atoms with Crippen LogP contribution in [0.15, 0.2) is 45.9 Å². The Morgan fingerprint density at radius 2 is 2.16 bits per heavy atom. The summed E-state index contributed by atoms with van der Waals surface area (Å²) in [5, 5.41) is 9.14. The molecule has 7 heteroatoms. The summed E-state index contributed by atoms with van der Waals surface area (Å²) < 4.78 is 5.07. The zero-order valence-corrected chi connectivity index (χ0v) is 9.58. The molecule has 2 N–H and O–H groups in total. The van der Waals surface area contributed by atoms with Crippen LogP contribution in [0.1, 0.15) is 10.4 Å². The SMILES string of the molecule is O=C(Nc1ncn[nH]1)c1cc2ccccc2oc1=O. The van der Waals surface area contributed by atoms with Gasteiger partial charge >= 0.3 is 5.63 Å². The van der Waals surface area contributed by atoms with Crippen LogP contribution in [0, 0.1) is 0 Å². The fourth-order valence-corrected chi connectivity index (χ4v) is 1.66. The predicted molar refractivity (Wildman–Crippen MR) is 66.8 cm³/mol. The number of carbonyl (C=O) groups excluding carboxylic acids is 1. The molecule has 0 saturated carbocycles. The van der Waals surface area contributed by atoms with Gasteiger partial charge in [-0.2, -0.15) is 10.1 Å². The van der Waals surface area contributed by atoms with E-state index < -0.39 is 11.5 Å². The quantitative estimate of drug-likeness (QED) is 0.670. The number of aromatic amines is 1. The summed E-state index contributed by atoms with van der Waals surface area (Å²) in [5.41, 5.74) is -0.352. The first-order valence-corrected chi connectivity index (χ1v) is 5.43. The zero-order valence-electron chi connectivity index (χ0n) is 9.58. The molecule has 0 bridgehead atoms. The highest BCUT2D eigenvalue weighted by atomic mass is 16.4. The van der Waals surface area contributed by atoms with Gasteiger partial charge in [0.25, 0.3) is 5.91 Å². The normalized spacial score (nSPS) is 10.5. The van der Waals surface area contributed by atoms with Gasteiger partial charge in [0.15, 0.2) is 0 Å². The number of nitrogens with zero attached hydrogens (tertiary/aromatic N) is 2. The van der Waals surface area contributed by atoms with Crippen LogP contribution in [0.25, 0.3) is 11.0 Å². The molecule has 0 spiro atoms. The fraction of sp³-hybridized carbons (Fsp3) is 0. The van der Waals surface area contributed by atoms with Crippen molar-refractivity contribution in [3.8, 4) is 0 Å². The Labute approximate surface area is 106 Å². The van der Waals surface area contributed by atoms with E-state index in [1.54, 1.807) is 24.3 Å². The first-order valence-electron chi connectivity index (χ1n) is 5.43. The minimum Gasteiger partial charge on any atom is -0.422 e. The smallest absolute Gasteiger partial charge is 0.349 e. The lowest BCUT2D eigenvalue weighted by Gasteiger charge is -2.01. The molecule has 0 radical (unpaired) electrons. The van der Waals surface area contributed by atoms with Crippen LogP contribution in [-0.2, 0) is 0 Å². The van der Waals surface area contributed by atoms with Crippen molar-refractivity contribution in [1.82, 2.24) is 15.2 Å². The monoisotopic (exact) mass is 256 g/mol. The lowest BCUT2D eigenvalue weighted by atomic mass is 10.2. The van der Waals surface area contributed by atoms with Gasteiger partial charge in [-0.25, -0.2) is 9.89 Å². The Bertz CT molecular complexity index is 792. The van der Waals surface area contributed by atoms with Gasteiger partial charge < -0.3 is 4.42 Å². The highest BCUT2D eigenvalue weighted by molar-refractivity contribution is 6.04. The third-order valence-electron chi connectivity index (χ3n) is 2.53. The van der Waals surface area contributed by atoms with Crippen molar-refractivity contribution in [2.75, 3.05) is 5.32 Å². The number of anilines is 1. The fourth-order valence-electron chi connectivity index (χ4n) is 1.66. The number of rotatable bonds is 2. The molecular formula is C12H8N4O3. The van der Waals surface area contributed by atoms with Crippen LogP contribution in [0.2, 0.25) is 0 Å². The van der Waals surface area contributed by atoms with E-state index in [1.807, 2.05) is 0 Å². The Kier molecular flexibility index (Phi) is 2.57. The number of carbonyl (C=O) groups is 1. The number of H-pyrrole nitrogens is 1. The second-order valence-electron chi connectivity index (χ2n) is 3.77. The molecule has 1 aromatic carbocycles. The first kappa shape index (κ1) is 11.1. The molecule has 2 heterocycles. The number of hydrogen-bond acceptors (Lipinski definition) is 5. The average molecular weight is 256 g/mol. The van der Waals surface area contributed by atoms with E-state index in [4.69, 9.17) is 4.42 Å². The van der Waals surface area contributed by atoms with Crippen molar-refractivity contribution in [2.24, 2.45) is 0 Å². The molecule has 94 valence electrons. The minimum atomic E-state index is -0.698. The maximum Gasteiger partial charge on any atom is 0.349 e. The summed E-state index contributed by atoms with van der Waals surface area (Å²) in [5.74, 6) is -0.436. The molecule has 3 rings (SSSR count). The molecular weight excluding hydrogens is 248 g/mol. The molecule has 7 nitrogen and oxygen atoms in total. The Hall–Kier alpha value is -2.96. The first-order chi connectivity index (χ1) is 9.24. The molecule has 0 atom stereocenters. The Balaban J connectivity index is 2.02. The van der Waals surface area contributed by atoms with Gasteiger partial charge in [0.05, 0.1) is 0 Å². The number of benzene rings is 1. The zero-order chi connectivity index (χ0) is 13.2. The summed E-state index contributed by atoms with van der Waals surface area (Å²) in [6.07, 6.45) is 1.25. The number of amides is 1. The summed E-state index contributed by atoms with van der Waals surface area (Å²) in [6, 6.07) is 8.44. The molecule has 0 aliphatic heterocycles. The Morgan fingerprint density at radius 3 is 2.95 bits per heavy atom. The lowest BCUT2D eigenvalue weighted by molar-refractivity contribution is 0.102. The van der Waals surface area contributed by atoms with E-state index >= 15 is 0 Å². The number of para-hydroxylation sites is 1. The molecule has 0 fully saturated rings. The number of fused-ring (bicyclic) bond motifs is 1. The molecule has 3 aromatic rings. The van der Waals surface area contributed by atoms with Crippen LogP contribution >= 0.6 is 0 Å². The molecule has 2 aromatic heterocycles. The molecule has 0 unspecified atom stereocenters. The standard InChI is InChI=1S/C12H8N4O3/c17-10(15-12-13-6-14-16-12)8-5-7-3-1-2-4-9(7)19-11(8)18/h1-6H,(H2,13,14,15,16,17). The van der Waals surface area contributed by atoms with E-state index in [9.17, 15) is 9.59 Å². The van der Waals surface area contributed by atoms with Gasteiger partial charge in [-0.3, -0.25) is 10.1 Å². The van der Waals surface area contributed by atoms with Crippen molar-refractivity contribution in [3.05, 3.63) is 52.6 Å². The maximum absolute atomic E-state index is 11.9. The number of hydrogen-bond donors (Lipinski definition) is 2. The van der Waals surface area contributed by atoms with Crippen molar-refractivity contribution in [2.45, 2.75) is 0 Å². The molecule has 0 saturated heterocycles. The van der Waals surface area contributed by atoms with E-state index in [-0.39, 0.29) is 11.5 Å². The second-order valence-corrected chi connectivity index (χ2v) is 3.77. The Morgan fingerprint density at radius 1 is 1.32 bits per heavy atom. The molecule has 19 heavy (non-hydrogen) atoms. The third kappa shape index (κ3) is 2.08. The van der Waals surface area contributed by atoms with Crippen molar-refractivity contribution < 1.29 is 9.21 Å². The van der Waals surface area contributed by atoms with Crippen LogP contribution in [0.3, 0.4) is 0 Å². The number of nitrogens with one attached hydrogen (secondary N) is 2. The summed E-state index contributed by atoms with van der Waals surface area (Å²) in [6.45, 7) is 0. The molecule has 0 aliphatic rings. The highest BCUT2D eigenvalue weighted by Crippen LogP contribution is 2.13. The van der Waals surface area contributed by atoms with Crippen LogP contribution in [0.5, 0.6) is 0 Å². The summed E-state index contributed by atoms with van der Waals surface area (Å²) in [4.78, 5) is 27.4. The predicted octanol–water partition coefficient (Wildman–Crippen LogP) is 1.16. The van der Waals surface area contributed by atoms with E-state index in [0.29, 0.717) is 11.0 Å². The van der Waals surface area contributed by atoms with Crippen molar-refractivity contribution in [3.63, 3.8) is 0 Å². The molecule has 0 aliphatic carbocycles. The van der Waals surface area contributed by atoms with Gasteiger partial charge in [-0.1, -0.05) is 18.2 Å². The summed E-state index contributed by atoms with van der Waals surface area (Å²) in [7, 11) is 0. The van der Waals surface area contributed by atoms with Crippen LogP contribution in [0.4, 0.5) is 5.95 Å². The van der Waals surface area contributed by atoms with Gasteiger partial charge in [0, 0.05) is 5.39 Å². The van der Waals surface area contributed by atoms with E-state index in [2.05, 4.69) is 20.5 Å². The van der Waals surface area contributed by atoms with Gasteiger partial charge in [0.1, 0.15) is 17.5 Å².